The molecule has 3 nitrogen and oxygen atoms in total. The second-order valence-electron chi connectivity index (χ2n) is 4.53. The van der Waals surface area contributed by atoms with Crippen LogP contribution >= 0.6 is 0 Å². The maximum absolute atomic E-state index is 4.43. The van der Waals surface area contributed by atoms with Gasteiger partial charge in [0.25, 0.3) is 0 Å². The van der Waals surface area contributed by atoms with Gasteiger partial charge < -0.3 is 9.88 Å². The summed E-state index contributed by atoms with van der Waals surface area (Å²) in [6.07, 6.45) is 9.38. The van der Waals surface area contributed by atoms with Gasteiger partial charge in [-0.3, -0.25) is 0 Å². The summed E-state index contributed by atoms with van der Waals surface area (Å²) in [7, 11) is 2.07. The SMILES string of the molecule is CCNC(CCC1CC1)c1nccn1C. The third-order valence-corrected chi connectivity index (χ3v) is 3.18. The maximum atomic E-state index is 4.43. The molecule has 1 fully saturated rings. The zero-order valence-electron chi connectivity index (χ0n) is 9.74. The van der Waals surface area contributed by atoms with Gasteiger partial charge >= 0.3 is 0 Å². The standard InChI is InChI=1S/C12H21N3/c1-3-13-11(7-6-10-4-5-10)12-14-8-9-15(12)2/h8-11,13H,3-7H2,1-2H3. The van der Waals surface area contributed by atoms with Crippen molar-refractivity contribution in [2.45, 2.75) is 38.6 Å². The molecule has 0 radical (unpaired) electrons. The van der Waals surface area contributed by atoms with Crippen molar-refractivity contribution < 1.29 is 0 Å². The summed E-state index contributed by atoms with van der Waals surface area (Å²) in [5.74, 6) is 2.18. The highest BCUT2D eigenvalue weighted by Crippen LogP contribution is 2.35. The smallest absolute Gasteiger partial charge is 0.125 e. The van der Waals surface area contributed by atoms with Crippen LogP contribution in [0.3, 0.4) is 0 Å². The molecule has 15 heavy (non-hydrogen) atoms. The van der Waals surface area contributed by atoms with Crippen LogP contribution in [0.15, 0.2) is 12.4 Å². The van der Waals surface area contributed by atoms with E-state index in [1.54, 1.807) is 0 Å². The summed E-state index contributed by atoms with van der Waals surface area (Å²) in [5.41, 5.74) is 0. The van der Waals surface area contributed by atoms with Gasteiger partial charge in [-0.25, -0.2) is 4.98 Å². The van der Waals surface area contributed by atoms with Crippen LogP contribution in [0, 0.1) is 5.92 Å². The van der Waals surface area contributed by atoms with E-state index in [4.69, 9.17) is 0 Å². The summed E-state index contributed by atoms with van der Waals surface area (Å²) in [5, 5.41) is 3.53. The number of nitrogens with one attached hydrogen (secondary N) is 1. The van der Waals surface area contributed by atoms with Crippen molar-refractivity contribution in [2.24, 2.45) is 13.0 Å². The van der Waals surface area contributed by atoms with Gasteiger partial charge in [0.2, 0.25) is 0 Å². The fourth-order valence-electron chi connectivity index (χ4n) is 2.09. The topological polar surface area (TPSA) is 29.9 Å². The fourth-order valence-corrected chi connectivity index (χ4v) is 2.09. The van der Waals surface area contributed by atoms with Gasteiger partial charge in [-0.05, 0) is 25.3 Å². The van der Waals surface area contributed by atoms with Crippen LogP contribution in [-0.2, 0) is 7.05 Å². The van der Waals surface area contributed by atoms with Crippen molar-refractivity contribution in [1.82, 2.24) is 14.9 Å². The zero-order valence-corrected chi connectivity index (χ0v) is 9.74. The second-order valence-corrected chi connectivity index (χ2v) is 4.53. The average Bonchev–Trinajstić information content (AvgIpc) is 2.96. The molecule has 2 rings (SSSR count). The molecule has 1 saturated carbocycles. The first kappa shape index (κ1) is 10.7. The molecule has 1 aliphatic carbocycles. The Labute approximate surface area is 91.9 Å². The lowest BCUT2D eigenvalue weighted by molar-refractivity contribution is 0.451. The number of nitrogens with zero attached hydrogens (tertiary/aromatic N) is 2. The van der Waals surface area contributed by atoms with Crippen molar-refractivity contribution in [3.63, 3.8) is 0 Å². The van der Waals surface area contributed by atoms with Crippen LogP contribution in [0.1, 0.15) is 44.5 Å². The van der Waals surface area contributed by atoms with Gasteiger partial charge in [0.05, 0.1) is 6.04 Å². The number of rotatable bonds is 6. The van der Waals surface area contributed by atoms with Crippen LogP contribution in [0.2, 0.25) is 0 Å². The number of hydrogen-bond acceptors (Lipinski definition) is 2. The monoisotopic (exact) mass is 207 g/mol. The van der Waals surface area contributed by atoms with Crippen molar-refractivity contribution in [3.05, 3.63) is 18.2 Å². The van der Waals surface area contributed by atoms with Gasteiger partial charge in [0.1, 0.15) is 5.82 Å². The average molecular weight is 207 g/mol. The predicted molar refractivity (Wildman–Crippen MR) is 61.6 cm³/mol. The first-order valence-corrected chi connectivity index (χ1v) is 6.02. The van der Waals surface area contributed by atoms with Crippen LogP contribution in [0.4, 0.5) is 0 Å². The number of imidazole rings is 1. The van der Waals surface area contributed by atoms with E-state index in [0.717, 1.165) is 12.5 Å². The summed E-state index contributed by atoms with van der Waals surface area (Å²) in [4.78, 5) is 4.43. The molecule has 0 saturated heterocycles. The highest BCUT2D eigenvalue weighted by molar-refractivity contribution is 4.99. The lowest BCUT2D eigenvalue weighted by Crippen LogP contribution is -2.23. The molecule has 0 aliphatic heterocycles. The van der Waals surface area contributed by atoms with E-state index in [2.05, 4.69) is 28.8 Å². The number of aromatic nitrogens is 2. The third kappa shape index (κ3) is 2.81. The molecule has 1 aromatic heterocycles. The Bertz CT molecular complexity index is 302. The molecule has 1 atom stereocenters. The Kier molecular flexibility index (Phi) is 3.41. The van der Waals surface area contributed by atoms with E-state index < -0.39 is 0 Å². The normalized spacial score (nSPS) is 18.0. The molecule has 1 aromatic rings. The van der Waals surface area contributed by atoms with Crippen LogP contribution in [0.25, 0.3) is 0 Å². The molecule has 1 N–H and O–H groups in total. The molecule has 84 valence electrons. The van der Waals surface area contributed by atoms with E-state index in [0.29, 0.717) is 6.04 Å². The highest BCUT2D eigenvalue weighted by Gasteiger charge is 2.23. The van der Waals surface area contributed by atoms with Gasteiger partial charge in [0, 0.05) is 19.4 Å². The summed E-state index contributed by atoms with van der Waals surface area (Å²) in [6, 6.07) is 0.440. The Morgan fingerprint density at radius 2 is 2.40 bits per heavy atom. The highest BCUT2D eigenvalue weighted by atomic mass is 15.1. The molecular weight excluding hydrogens is 186 g/mol. The third-order valence-electron chi connectivity index (χ3n) is 3.18. The molecule has 1 aliphatic rings. The lowest BCUT2D eigenvalue weighted by atomic mass is 10.1. The van der Waals surface area contributed by atoms with E-state index in [9.17, 15) is 0 Å². The largest absolute Gasteiger partial charge is 0.337 e. The molecule has 0 amide bonds. The van der Waals surface area contributed by atoms with Crippen molar-refractivity contribution in [2.75, 3.05) is 6.54 Å². The molecule has 0 aromatic carbocycles. The first-order valence-electron chi connectivity index (χ1n) is 6.02. The minimum absolute atomic E-state index is 0.440. The van der Waals surface area contributed by atoms with Crippen molar-refractivity contribution in [1.29, 1.82) is 0 Å². The lowest BCUT2D eigenvalue weighted by Gasteiger charge is -2.17. The van der Waals surface area contributed by atoms with Crippen LogP contribution in [-0.4, -0.2) is 16.1 Å². The zero-order chi connectivity index (χ0) is 10.7. The van der Waals surface area contributed by atoms with Gasteiger partial charge in [-0.1, -0.05) is 19.8 Å². The maximum Gasteiger partial charge on any atom is 0.125 e. The Balaban J connectivity index is 1.94. The van der Waals surface area contributed by atoms with Gasteiger partial charge in [-0.15, -0.1) is 0 Å². The van der Waals surface area contributed by atoms with E-state index in [1.165, 1.54) is 31.5 Å². The van der Waals surface area contributed by atoms with Crippen LogP contribution in [0.5, 0.6) is 0 Å². The van der Waals surface area contributed by atoms with Crippen molar-refractivity contribution in [3.8, 4) is 0 Å². The Hall–Kier alpha value is -0.830. The van der Waals surface area contributed by atoms with Crippen molar-refractivity contribution >= 4 is 0 Å². The summed E-state index contributed by atoms with van der Waals surface area (Å²) < 4.78 is 2.13. The minimum atomic E-state index is 0.440. The molecule has 1 unspecified atom stereocenters. The predicted octanol–water partition coefficient (Wildman–Crippen LogP) is 2.26. The number of aryl methyl sites for hydroxylation is 1. The molecule has 0 bridgehead atoms. The van der Waals surface area contributed by atoms with E-state index in [-0.39, 0.29) is 0 Å². The fraction of sp³-hybridized carbons (Fsp3) is 0.750. The second kappa shape index (κ2) is 4.79. The minimum Gasteiger partial charge on any atom is -0.337 e. The van der Waals surface area contributed by atoms with Gasteiger partial charge in [-0.2, -0.15) is 0 Å². The van der Waals surface area contributed by atoms with Gasteiger partial charge in [0.15, 0.2) is 0 Å². The summed E-state index contributed by atoms with van der Waals surface area (Å²) >= 11 is 0. The molecule has 0 spiro atoms. The Morgan fingerprint density at radius 1 is 1.60 bits per heavy atom. The molecule has 3 heteroatoms. The summed E-state index contributed by atoms with van der Waals surface area (Å²) in [6.45, 7) is 3.18. The quantitative estimate of drug-likeness (QED) is 0.775. The Morgan fingerprint density at radius 3 is 2.93 bits per heavy atom. The van der Waals surface area contributed by atoms with E-state index >= 15 is 0 Å². The van der Waals surface area contributed by atoms with Crippen LogP contribution < -0.4 is 5.32 Å². The molecule has 1 heterocycles. The van der Waals surface area contributed by atoms with E-state index in [1.807, 2.05) is 12.4 Å². The number of hydrogen-bond donors (Lipinski definition) is 1. The first-order chi connectivity index (χ1) is 7.31. The molecular formula is C12H21N3.